The molecule has 0 bridgehead atoms. The van der Waals surface area contributed by atoms with E-state index in [0.717, 1.165) is 19.4 Å². The van der Waals surface area contributed by atoms with Gasteiger partial charge in [-0.05, 0) is 19.4 Å². The minimum atomic E-state index is -0.766. The number of aliphatic carboxylic acids is 1. The van der Waals surface area contributed by atoms with E-state index in [9.17, 15) is 9.90 Å². The first-order valence-corrected chi connectivity index (χ1v) is 6.03. The zero-order chi connectivity index (χ0) is 13.0. The molecule has 1 aliphatic heterocycles. The van der Waals surface area contributed by atoms with Crippen LogP contribution < -0.4 is 4.74 Å². The summed E-state index contributed by atoms with van der Waals surface area (Å²) in [5, 5.41) is 9.20. The van der Waals surface area contributed by atoms with E-state index in [1.807, 2.05) is 4.90 Å². The largest absolute Gasteiger partial charge is 0.480 e. The van der Waals surface area contributed by atoms with Crippen LogP contribution in [0.5, 0.6) is 5.88 Å². The molecule has 0 radical (unpaired) electrons. The van der Waals surface area contributed by atoms with Crippen LogP contribution in [0.15, 0.2) is 12.4 Å². The highest BCUT2D eigenvalue weighted by atomic mass is 16.5. The van der Waals surface area contributed by atoms with Gasteiger partial charge in [0.15, 0.2) is 0 Å². The van der Waals surface area contributed by atoms with Crippen LogP contribution in [-0.2, 0) is 11.3 Å². The van der Waals surface area contributed by atoms with Gasteiger partial charge in [-0.3, -0.25) is 14.7 Å². The number of rotatable bonds is 4. The lowest BCUT2D eigenvalue weighted by atomic mass is 10.0. The minimum Gasteiger partial charge on any atom is -0.480 e. The highest BCUT2D eigenvalue weighted by molar-refractivity contribution is 5.73. The van der Waals surface area contributed by atoms with Crippen molar-refractivity contribution in [3.8, 4) is 5.88 Å². The molecule has 1 aliphatic rings. The number of carbonyl (C=O) groups is 1. The number of carboxylic acid groups (broad SMARTS) is 1. The van der Waals surface area contributed by atoms with Gasteiger partial charge in [0.1, 0.15) is 11.7 Å². The van der Waals surface area contributed by atoms with Gasteiger partial charge in [-0.25, -0.2) is 4.98 Å². The Labute approximate surface area is 106 Å². The van der Waals surface area contributed by atoms with Gasteiger partial charge in [-0.2, -0.15) is 0 Å². The van der Waals surface area contributed by atoms with Gasteiger partial charge >= 0.3 is 5.97 Å². The van der Waals surface area contributed by atoms with E-state index >= 15 is 0 Å². The van der Waals surface area contributed by atoms with E-state index in [1.165, 1.54) is 0 Å². The molecule has 2 rings (SSSR count). The number of nitrogens with zero attached hydrogens (tertiary/aromatic N) is 3. The first-order valence-electron chi connectivity index (χ1n) is 6.03. The fourth-order valence-corrected chi connectivity index (χ4v) is 2.29. The Hall–Kier alpha value is -1.69. The summed E-state index contributed by atoms with van der Waals surface area (Å²) >= 11 is 0. The topological polar surface area (TPSA) is 75.6 Å². The smallest absolute Gasteiger partial charge is 0.320 e. The fraction of sp³-hybridized carbons (Fsp3) is 0.583. The van der Waals surface area contributed by atoms with Crippen LogP contribution >= 0.6 is 0 Å². The molecular weight excluding hydrogens is 234 g/mol. The van der Waals surface area contributed by atoms with Gasteiger partial charge in [0.05, 0.1) is 7.11 Å². The molecule has 0 amide bonds. The van der Waals surface area contributed by atoms with Crippen LogP contribution in [0.3, 0.4) is 0 Å². The second-order valence-corrected chi connectivity index (χ2v) is 4.33. The average Bonchev–Trinajstić information content (AvgIpc) is 2.40. The maximum Gasteiger partial charge on any atom is 0.320 e. The minimum absolute atomic E-state index is 0.425. The lowest BCUT2D eigenvalue weighted by molar-refractivity contribution is -0.144. The molecule has 18 heavy (non-hydrogen) atoms. The average molecular weight is 251 g/mol. The van der Waals surface area contributed by atoms with Crippen LogP contribution in [0.4, 0.5) is 0 Å². The molecule has 6 nitrogen and oxygen atoms in total. The molecular formula is C12H17N3O3. The Morgan fingerprint density at radius 2 is 2.28 bits per heavy atom. The predicted octanol–water partition coefficient (Wildman–Crippen LogP) is 0.924. The first kappa shape index (κ1) is 12.8. The van der Waals surface area contributed by atoms with E-state index in [-0.39, 0.29) is 0 Å². The van der Waals surface area contributed by atoms with Gasteiger partial charge < -0.3 is 9.84 Å². The van der Waals surface area contributed by atoms with Crippen molar-refractivity contribution in [1.29, 1.82) is 0 Å². The van der Waals surface area contributed by atoms with Crippen LogP contribution in [-0.4, -0.2) is 45.6 Å². The van der Waals surface area contributed by atoms with Crippen molar-refractivity contribution in [2.45, 2.75) is 31.8 Å². The third-order valence-corrected chi connectivity index (χ3v) is 3.18. The zero-order valence-electron chi connectivity index (χ0n) is 10.4. The van der Waals surface area contributed by atoms with Crippen LogP contribution in [0.2, 0.25) is 0 Å². The van der Waals surface area contributed by atoms with Gasteiger partial charge in [0.2, 0.25) is 5.88 Å². The lowest BCUT2D eigenvalue weighted by Crippen LogP contribution is -2.44. The first-order chi connectivity index (χ1) is 8.72. The van der Waals surface area contributed by atoms with E-state index in [2.05, 4.69) is 9.97 Å². The molecule has 0 aliphatic carbocycles. The summed E-state index contributed by atoms with van der Waals surface area (Å²) < 4.78 is 5.13. The van der Waals surface area contributed by atoms with Crippen molar-refractivity contribution in [2.75, 3.05) is 13.7 Å². The molecule has 0 aromatic carbocycles. The van der Waals surface area contributed by atoms with Crippen molar-refractivity contribution in [2.24, 2.45) is 0 Å². The number of carboxylic acids is 1. The summed E-state index contributed by atoms with van der Waals surface area (Å²) in [5.74, 6) is -0.301. The van der Waals surface area contributed by atoms with Crippen LogP contribution in [0.1, 0.15) is 25.0 Å². The summed E-state index contributed by atoms with van der Waals surface area (Å²) in [4.78, 5) is 21.4. The normalized spacial score (nSPS) is 20.6. The van der Waals surface area contributed by atoms with Crippen molar-refractivity contribution in [3.63, 3.8) is 0 Å². The van der Waals surface area contributed by atoms with Crippen LogP contribution in [0, 0.1) is 0 Å². The fourth-order valence-electron chi connectivity index (χ4n) is 2.29. The third-order valence-electron chi connectivity index (χ3n) is 3.18. The molecule has 1 fully saturated rings. The maximum atomic E-state index is 11.2. The summed E-state index contributed by atoms with van der Waals surface area (Å²) in [5.41, 5.74) is 0.688. The second kappa shape index (κ2) is 5.77. The van der Waals surface area contributed by atoms with Crippen LogP contribution in [0.25, 0.3) is 0 Å². The van der Waals surface area contributed by atoms with Crippen molar-refractivity contribution < 1.29 is 14.6 Å². The van der Waals surface area contributed by atoms with Crippen molar-refractivity contribution in [3.05, 3.63) is 18.1 Å². The maximum absolute atomic E-state index is 11.2. The Bertz CT molecular complexity index is 425. The Morgan fingerprint density at radius 3 is 3.00 bits per heavy atom. The number of piperidine rings is 1. The number of aromatic nitrogens is 2. The van der Waals surface area contributed by atoms with E-state index in [4.69, 9.17) is 4.74 Å². The van der Waals surface area contributed by atoms with E-state index < -0.39 is 12.0 Å². The molecule has 1 saturated heterocycles. The van der Waals surface area contributed by atoms with Gasteiger partial charge in [-0.15, -0.1) is 0 Å². The zero-order valence-corrected chi connectivity index (χ0v) is 10.4. The molecule has 0 unspecified atom stereocenters. The number of likely N-dealkylation sites (tertiary alicyclic amines) is 1. The molecule has 98 valence electrons. The Morgan fingerprint density at radius 1 is 1.50 bits per heavy atom. The van der Waals surface area contributed by atoms with Gasteiger partial charge in [0.25, 0.3) is 0 Å². The Kier molecular flexibility index (Phi) is 4.09. The molecule has 1 atom stereocenters. The molecule has 2 heterocycles. The Balaban J connectivity index is 2.13. The number of methoxy groups -OCH3 is 1. The van der Waals surface area contributed by atoms with E-state index in [1.54, 1.807) is 19.5 Å². The molecule has 1 N–H and O–H groups in total. The summed E-state index contributed by atoms with van der Waals surface area (Å²) in [7, 11) is 1.54. The summed E-state index contributed by atoms with van der Waals surface area (Å²) in [6.07, 6.45) is 5.83. The number of ether oxygens (including phenoxy) is 1. The standard InChI is InChI=1S/C12H17N3O3/c1-18-11-9(13-5-6-14-11)8-15-7-3-2-4-10(15)12(16)17/h5-6,10H,2-4,7-8H2,1H3,(H,16,17)/t10-/m0/s1. The monoisotopic (exact) mass is 251 g/mol. The quantitative estimate of drug-likeness (QED) is 0.857. The molecule has 1 aromatic heterocycles. The number of hydrogen-bond acceptors (Lipinski definition) is 5. The lowest BCUT2D eigenvalue weighted by Gasteiger charge is -2.32. The van der Waals surface area contributed by atoms with E-state index in [0.29, 0.717) is 24.5 Å². The molecule has 6 heteroatoms. The highest BCUT2D eigenvalue weighted by Gasteiger charge is 2.29. The van der Waals surface area contributed by atoms with Gasteiger partial charge in [-0.1, -0.05) is 6.42 Å². The second-order valence-electron chi connectivity index (χ2n) is 4.33. The van der Waals surface area contributed by atoms with Crippen molar-refractivity contribution in [1.82, 2.24) is 14.9 Å². The molecule has 1 aromatic rings. The number of hydrogen-bond donors (Lipinski definition) is 1. The summed E-state index contributed by atoms with van der Waals surface area (Å²) in [6, 6.07) is -0.425. The molecule has 0 spiro atoms. The highest BCUT2D eigenvalue weighted by Crippen LogP contribution is 2.21. The third kappa shape index (κ3) is 2.76. The van der Waals surface area contributed by atoms with Crippen molar-refractivity contribution >= 4 is 5.97 Å². The molecule has 0 saturated carbocycles. The predicted molar refractivity (Wildman–Crippen MR) is 64.3 cm³/mol. The van der Waals surface area contributed by atoms with Gasteiger partial charge in [0, 0.05) is 18.9 Å². The summed E-state index contributed by atoms with van der Waals surface area (Å²) in [6.45, 7) is 1.24. The SMILES string of the molecule is COc1nccnc1CN1CCCC[C@H]1C(=O)O.